The summed E-state index contributed by atoms with van der Waals surface area (Å²) in [5, 5.41) is 3.36. The summed E-state index contributed by atoms with van der Waals surface area (Å²) < 4.78 is 31.0. The van der Waals surface area contributed by atoms with Crippen molar-refractivity contribution < 1.29 is 13.2 Å². The van der Waals surface area contributed by atoms with Gasteiger partial charge in [0.15, 0.2) is 0 Å². The van der Waals surface area contributed by atoms with Gasteiger partial charge in [0.25, 0.3) is 0 Å². The molecule has 1 N–H and O–H groups in total. The number of piperazine rings is 1. The molecule has 0 bridgehead atoms. The van der Waals surface area contributed by atoms with Gasteiger partial charge in [-0.2, -0.15) is 4.31 Å². The standard InChI is InChI=1S/C12H25N3O3S.ClH/c1-2-18-9-10-19(16,17)15-7-5-14(6-8-15)12-3-4-13-11-12;/h12-13H,2-11H2,1H3;1H. The summed E-state index contributed by atoms with van der Waals surface area (Å²) in [6, 6.07) is 0.591. The highest BCUT2D eigenvalue weighted by Gasteiger charge is 2.30. The average molecular weight is 328 g/mol. The Balaban J connectivity index is 0.00000200. The van der Waals surface area contributed by atoms with Crippen LogP contribution >= 0.6 is 12.4 Å². The van der Waals surface area contributed by atoms with E-state index in [-0.39, 0.29) is 18.2 Å². The lowest BCUT2D eigenvalue weighted by atomic mass is 10.2. The van der Waals surface area contributed by atoms with E-state index in [1.807, 2.05) is 6.92 Å². The van der Waals surface area contributed by atoms with E-state index in [0.717, 1.165) is 26.2 Å². The molecule has 0 aliphatic carbocycles. The Morgan fingerprint density at radius 2 is 1.95 bits per heavy atom. The summed E-state index contributed by atoms with van der Waals surface area (Å²) in [6.45, 7) is 7.79. The minimum atomic E-state index is -3.14. The van der Waals surface area contributed by atoms with Crippen LogP contribution in [0, 0.1) is 0 Å². The van der Waals surface area contributed by atoms with Crippen molar-refractivity contribution in [2.45, 2.75) is 19.4 Å². The first-order chi connectivity index (χ1) is 9.13. The largest absolute Gasteiger partial charge is 0.381 e. The molecule has 2 rings (SSSR count). The molecular weight excluding hydrogens is 302 g/mol. The van der Waals surface area contributed by atoms with Crippen molar-refractivity contribution in [2.75, 3.05) is 58.2 Å². The molecular formula is C12H26ClN3O3S. The number of halogens is 1. The molecule has 1 atom stereocenters. The van der Waals surface area contributed by atoms with Crippen molar-refractivity contribution in [1.29, 1.82) is 0 Å². The van der Waals surface area contributed by atoms with Crippen LogP contribution in [-0.2, 0) is 14.8 Å². The van der Waals surface area contributed by atoms with Crippen LogP contribution in [-0.4, -0.2) is 81.9 Å². The number of ether oxygens (including phenoxy) is 1. The van der Waals surface area contributed by atoms with E-state index >= 15 is 0 Å². The lowest BCUT2D eigenvalue weighted by Crippen LogP contribution is -2.53. The molecule has 6 nitrogen and oxygen atoms in total. The van der Waals surface area contributed by atoms with Crippen LogP contribution in [0.4, 0.5) is 0 Å². The van der Waals surface area contributed by atoms with E-state index in [0.29, 0.717) is 32.3 Å². The number of hydrogen-bond acceptors (Lipinski definition) is 5. The highest BCUT2D eigenvalue weighted by Crippen LogP contribution is 2.14. The van der Waals surface area contributed by atoms with Crippen molar-refractivity contribution in [3.8, 4) is 0 Å². The summed E-state index contributed by atoms with van der Waals surface area (Å²) in [7, 11) is -3.14. The SMILES string of the molecule is CCOCCS(=O)(=O)N1CCN(C2CCNC2)CC1.Cl. The van der Waals surface area contributed by atoms with Gasteiger partial charge in [-0.3, -0.25) is 4.90 Å². The second kappa shape index (κ2) is 8.51. The first kappa shape index (κ1) is 18.1. The molecule has 0 amide bonds. The summed E-state index contributed by atoms with van der Waals surface area (Å²) in [6.07, 6.45) is 1.18. The molecule has 2 aliphatic heterocycles. The third-order valence-corrected chi connectivity index (χ3v) is 5.74. The number of sulfonamides is 1. The molecule has 0 radical (unpaired) electrons. The first-order valence-corrected chi connectivity index (χ1v) is 8.74. The number of nitrogens with zero attached hydrogens (tertiary/aromatic N) is 2. The molecule has 0 saturated carbocycles. The molecule has 2 heterocycles. The van der Waals surface area contributed by atoms with Gasteiger partial charge < -0.3 is 10.1 Å². The number of hydrogen-bond donors (Lipinski definition) is 1. The molecule has 2 fully saturated rings. The lowest BCUT2D eigenvalue weighted by molar-refractivity contribution is 0.141. The third kappa shape index (κ3) is 4.82. The minimum absolute atomic E-state index is 0. The predicted octanol–water partition coefficient (Wildman–Crippen LogP) is -0.246. The molecule has 0 aromatic rings. The summed E-state index contributed by atoms with van der Waals surface area (Å²) >= 11 is 0. The van der Waals surface area contributed by atoms with Gasteiger partial charge in [-0.1, -0.05) is 0 Å². The molecule has 20 heavy (non-hydrogen) atoms. The fourth-order valence-corrected chi connectivity index (χ4v) is 4.04. The van der Waals surface area contributed by atoms with E-state index in [9.17, 15) is 8.42 Å². The molecule has 2 saturated heterocycles. The van der Waals surface area contributed by atoms with Crippen LogP contribution in [0.1, 0.15) is 13.3 Å². The molecule has 0 aromatic carbocycles. The zero-order valence-electron chi connectivity index (χ0n) is 12.1. The van der Waals surface area contributed by atoms with Crippen LogP contribution in [0.15, 0.2) is 0 Å². The normalized spacial score (nSPS) is 25.6. The van der Waals surface area contributed by atoms with Gasteiger partial charge in [0.05, 0.1) is 12.4 Å². The van der Waals surface area contributed by atoms with E-state index in [2.05, 4.69) is 10.2 Å². The fourth-order valence-electron chi connectivity index (χ4n) is 2.74. The van der Waals surface area contributed by atoms with Crippen LogP contribution in [0.25, 0.3) is 0 Å². The summed E-state index contributed by atoms with van der Waals surface area (Å²) in [5.74, 6) is 0.103. The minimum Gasteiger partial charge on any atom is -0.381 e. The van der Waals surface area contributed by atoms with Crippen LogP contribution in [0.5, 0.6) is 0 Å². The smallest absolute Gasteiger partial charge is 0.216 e. The lowest BCUT2D eigenvalue weighted by Gasteiger charge is -2.37. The molecule has 0 aromatic heterocycles. The average Bonchev–Trinajstić information content (AvgIpc) is 2.93. The van der Waals surface area contributed by atoms with Gasteiger partial charge in [-0.25, -0.2) is 8.42 Å². The Morgan fingerprint density at radius 1 is 1.25 bits per heavy atom. The monoisotopic (exact) mass is 327 g/mol. The van der Waals surface area contributed by atoms with Gasteiger partial charge in [0, 0.05) is 45.4 Å². The third-order valence-electron chi connectivity index (χ3n) is 3.91. The topological polar surface area (TPSA) is 61.9 Å². The second-order valence-corrected chi connectivity index (χ2v) is 7.18. The zero-order valence-corrected chi connectivity index (χ0v) is 13.7. The highest BCUT2D eigenvalue weighted by molar-refractivity contribution is 7.89. The van der Waals surface area contributed by atoms with E-state index in [1.54, 1.807) is 4.31 Å². The fraction of sp³-hybridized carbons (Fsp3) is 1.00. The van der Waals surface area contributed by atoms with Crippen molar-refractivity contribution in [3.05, 3.63) is 0 Å². The van der Waals surface area contributed by atoms with Crippen molar-refractivity contribution in [2.24, 2.45) is 0 Å². The molecule has 1 unspecified atom stereocenters. The number of nitrogens with one attached hydrogen (secondary N) is 1. The predicted molar refractivity (Wildman–Crippen MR) is 81.9 cm³/mol. The first-order valence-electron chi connectivity index (χ1n) is 7.14. The van der Waals surface area contributed by atoms with Crippen molar-refractivity contribution in [1.82, 2.24) is 14.5 Å². The van der Waals surface area contributed by atoms with Gasteiger partial charge in [-0.15, -0.1) is 12.4 Å². The summed E-state index contributed by atoms with van der Waals surface area (Å²) in [5.41, 5.74) is 0. The molecule has 2 aliphatic rings. The van der Waals surface area contributed by atoms with Gasteiger partial charge in [0.1, 0.15) is 0 Å². The highest BCUT2D eigenvalue weighted by atomic mass is 35.5. The van der Waals surface area contributed by atoms with Gasteiger partial charge in [0.2, 0.25) is 10.0 Å². The Hall–Kier alpha value is 0.0800. The maximum atomic E-state index is 12.1. The Labute approximate surface area is 128 Å². The van der Waals surface area contributed by atoms with Crippen LogP contribution < -0.4 is 5.32 Å². The van der Waals surface area contributed by atoms with Crippen molar-refractivity contribution in [3.63, 3.8) is 0 Å². The zero-order chi connectivity index (χ0) is 13.7. The maximum Gasteiger partial charge on any atom is 0.216 e. The van der Waals surface area contributed by atoms with E-state index in [4.69, 9.17) is 4.74 Å². The summed E-state index contributed by atoms with van der Waals surface area (Å²) in [4.78, 5) is 2.41. The number of rotatable bonds is 6. The molecule has 8 heteroatoms. The quantitative estimate of drug-likeness (QED) is 0.682. The van der Waals surface area contributed by atoms with Gasteiger partial charge >= 0.3 is 0 Å². The Morgan fingerprint density at radius 3 is 2.50 bits per heavy atom. The van der Waals surface area contributed by atoms with Crippen LogP contribution in [0.2, 0.25) is 0 Å². The second-order valence-electron chi connectivity index (χ2n) is 5.09. The van der Waals surface area contributed by atoms with Gasteiger partial charge in [-0.05, 0) is 19.9 Å². The molecule has 0 spiro atoms. The Bertz CT molecular complexity index is 366. The van der Waals surface area contributed by atoms with E-state index in [1.165, 1.54) is 6.42 Å². The van der Waals surface area contributed by atoms with Crippen molar-refractivity contribution >= 4 is 22.4 Å². The maximum absolute atomic E-state index is 12.1. The van der Waals surface area contributed by atoms with Crippen LogP contribution in [0.3, 0.4) is 0 Å². The van der Waals surface area contributed by atoms with E-state index < -0.39 is 10.0 Å². The Kier molecular flexibility index (Phi) is 7.71. The molecule has 120 valence electrons.